The first-order valence-corrected chi connectivity index (χ1v) is 8.07. The van der Waals surface area contributed by atoms with Crippen LogP contribution >= 0.6 is 0 Å². The predicted octanol–water partition coefficient (Wildman–Crippen LogP) is -0.122. The van der Waals surface area contributed by atoms with E-state index in [1.165, 1.54) is 6.08 Å². The number of nitrogens with one attached hydrogen (secondary N) is 1. The van der Waals surface area contributed by atoms with Crippen LogP contribution in [0.4, 0.5) is 0 Å². The third kappa shape index (κ3) is 4.51. The molecule has 2 unspecified atom stereocenters. The standard InChI is InChI=1S/C12H20N2O6S/c1-3-6-9(11(15)16)13-21(18,19)14-8-5-7-10(14)12(17)20-4-2/h3,9-10,13H,1,4-8H2,2H3,(H,15,16). The van der Waals surface area contributed by atoms with Crippen molar-refractivity contribution in [1.29, 1.82) is 0 Å². The van der Waals surface area contributed by atoms with Crippen LogP contribution in [0.3, 0.4) is 0 Å². The molecule has 1 rings (SSSR count). The third-order valence-corrected chi connectivity index (χ3v) is 4.70. The van der Waals surface area contributed by atoms with E-state index in [0.717, 1.165) is 4.31 Å². The van der Waals surface area contributed by atoms with Crippen LogP contribution in [0.15, 0.2) is 12.7 Å². The fourth-order valence-electron chi connectivity index (χ4n) is 2.12. The summed E-state index contributed by atoms with van der Waals surface area (Å²) < 4.78 is 32.4. The van der Waals surface area contributed by atoms with Crippen molar-refractivity contribution in [2.45, 2.75) is 38.3 Å². The summed E-state index contributed by atoms with van der Waals surface area (Å²) in [6.45, 7) is 5.34. The molecule has 8 nitrogen and oxygen atoms in total. The summed E-state index contributed by atoms with van der Waals surface area (Å²) in [4.78, 5) is 22.8. The van der Waals surface area contributed by atoms with Crippen LogP contribution in [-0.2, 0) is 24.5 Å². The lowest BCUT2D eigenvalue weighted by Gasteiger charge is -2.24. The molecule has 0 amide bonds. The van der Waals surface area contributed by atoms with Gasteiger partial charge in [0.25, 0.3) is 10.2 Å². The molecule has 21 heavy (non-hydrogen) atoms. The van der Waals surface area contributed by atoms with Crippen LogP contribution in [0.2, 0.25) is 0 Å². The van der Waals surface area contributed by atoms with Gasteiger partial charge >= 0.3 is 11.9 Å². The number of rotatable bonds is 8. The Bertz CT molecular complexity index is 504. The molecular formula is C12H20N2O6S. The Morgan fingerprint density at radius 2 is 2.24 bits per heavy atom. The summed E-state index contributed by atoms with van der Waals surface area (Å²) in [6, 6.07) is -2.21. The lowest BCUT2D eigenvalue weighted by Crippen LogP contribution is -2.51. The van der Waals surface area contributed by atoms with Gasteiger partial charge in [-0.1, -0.05) is 6.08 Å². The van der Waals surface area contributed by atoms with Crippen LogP contribution in [0, 0.1) is 0 Å². The van der Waals surface area contributed by atoms with Crippen molar-refractivity contribution in [2.24, 2.45) is 0 Å². The highest BCUT2D eigenvalue weighted by atomic mass is 32.2. The zero-order valence-electron chi connectivity index (χ0n) is 11.8. The number of esters is 1. The van der Waals surface area contributed by atoms with E-state index in [9.17, 15) is 18.0 Å². The van der Waals surface area contributed by atoms with Gasteiger partial charge in [0.2, 0.25) is 0 Å². The van der Waals surface area contributed by atoms with E-state index < -0.39 is 34.2 Å². The van der Waals surface area contributed by atoms with Crippen molar-refractivity contribution in [2.75, 3.05) is 13.2 Å². The minimum Gasteiger partial charge on any atom is -0.480 e. The van der Waals surface area contributed by atoms with Crippen LogP contribution in [0.5, 0.6) is 0 Å². The first-order chi connectivity index (χ1) is 9.83. The molecule has 0 radical (unpaired) electrons. The molecule has 0 spiro atoms. The van der Waals surface area contributed by atoms with Gasteiger partial charge in [-0.25, -0.2) is 0 Å². The van der Waals surface area contributed by atoms with Crippen molar-refractivity contribution in [3.8, 4) is 0 Å². The largest absolute Gasteiger partial charge is 0.480 e. The van der Waals surface area contributed by atoms with E-state index in [-0.39, 0.29) is 19.6 Å². The molecule has 0 aromatic carbocycles. The van der Waals surface area contributed by atoms with Crippen molar-refractivity contribution < 1.29 is 27.9 Å². The molecule has 0 bridgehead atoms. The molecule has 1 saturated heterocycles. The number of carbonyl (C=O) groups excluding carboxylic acids is 1. The van der Waals surface area contributed by atoms with E-state index >= 15 is 0 Å². The summed E-state index contributed by atoms with van der Waals surface area (Å²) >= 11 is 0. The summed E-state index contributed by atoms with van der Waals surface area (Å²) in [5.41, 5.74) is 0. The van der Waals surface area contributed by atoms with Gasteiger partial charge < -0.3 is 9.84 Å². The van der Waals surface area contributed by atoms with E-state index in [1.54, 1.807) is 6.92 Å². The zero-order chi connectivity index (χ0) is 16.0. The van der Waals surface area contributed by atoms with Crippen LogP contribution in [0.1, 0.15) is 26.2 Å². The Hall–Kier alpha value is -1.45. The Kier molecular flexibility index (Phi) is 6.31. The summed E-state index contributed by atoms with van der Waals surface area (Å²) in [7, 11) is -4.09. The molecule has 0 aromatic heterocycles. The second-order valence-corrected chi connectivity index (χ2v) is 6.21. The SMILES string of the molecule is C=CCC(NS(=O)(=O)N1CCCC1C(=O)OCC)C(=O)O. The molecule has 0 aliphatic carbocycles. The second-order valence-electron chi connectivity index (χ2n) is 4.56. The van der Waals surface area contributed by atoms with Gasteiger partial charge in [0.15, 0.2) is 0 Å². The Morgan fingerprint density at radius 1 is 1.57 bits per heavy atom. The number of carboxylic acid groups (broad SMARTS) is 1. The van der Waals surface area contributed by atoms with E-state index in [1.807, 2.05) is 0 Å². The lowest BCUT2D eigenvalue weighted by molar-refractivity contribution is -0.146. The minimum atomic E-state index is -4.09. The average Bonchev–Trinajstić information content (AvgIpc) is 2.88. The van der Waals surface area contributed by atoms with Gasteiger partial charge in [-0.2, -0.15) is 17.4 Å². The van der Waals surface area contributed by atoms with Crippen LogP contribution in [-0.4, -0.2) is 55.0 Å². The number of carboxylic acids is 1. The Balaban J connectivity index is 2.87. The second kappa shape index (κ2) is 7.53. The van der Waals surface area contributed by atoms with Crippen LogP contribution in [0.25, 0.3) is 0 Å². The first kappa shape index (κ1) is 17.6. The lowest BCUT2D eigenvalue weighted by atomic mass is 10.2. The maximum atomic E-state index is 12.3. The van der Waals surface area contributed by atoms with Gasteiger partial charge in [-0.05, 0) is 26.2 Å². The number of aliphatic carboxylic acids is 1. The molecule has 0 saturated carbocycles. The number of hydrogen-bond acceptors (Lipinski definition) is 5. The molecule has 1 aliphatic heterocycles. The smallest absolute Gasteiger partial charge is 0.324 e. The summed E-state index contributed by atoms with van der Waals surface area (Å²) in [6.07, 6.45) is 2.14. The molecule has 120 valence electrons. The Morgan fingerprint density at radius 3 is 2.76 bits per heavy atom. The van der Waals surface area contributed by atoms with E-state index in [0.29, 0.717) is 12.8 Å². The normalized spacial score (nSPS) is 20.9. The van der Waals surface area contributed by atoms with E-state index in [2.05, 4.69) is 11.3 Å². The number of nitrogens with zero attached hydrogens (tertiary/aromatic N) is 1. The van der Waals surface area contributed by atoms with E-state index in [4.69, 9.17) is 9.84 Å². The van der Waals surface area contributed by atoms with Crippen molar-refractivity contribution in [3.05, 3.63) is 12.7 Å². The topological polar surface area (TPSA) is 113 Å². The zero-order valence-corrected chi connectivity index (χ0v) is 12.6. The maximum absolute atomic E-state index is 12.3. The fraction of sp³-hybridized carbons (Fsp3) is 0.667. The highest BCUT2D eigenvalue weighted by molar-refractivity contribution is 7.87. The van der Waals surface area contributed by atoms with Gasteiger partial charge in [-0.15, -0.1) is 6.58 Å². The first-order valence-electron chi connectivity index (χ1n) is 6.63. The quantitative estimate of drug-likeness (QED) is 0.476. The molecule has 0 aromatic rings. The molecule has 9 heteroatoms. The maximum Gasteiger partial charge on any atom is 0.324 e. The summed E-state index contributed by atoms with van der Waals surface area (Å²) in [5, 5.41) is 8.98. The average molecular weight is 320 g/mol. The van der Waals surface area contributed by atoms with Crippen molar-refractivity contribution >= 4 is 22.1 Å². The van der Waals surface area contributed by atoms with Crippen LogP contribution < -0.4 is 4.72 Å². The highest BCUT2D eigenvalue weighted by Gasteiger charge is 2.40. The van der Waals surface area contributed by atoms with Gasteiger partial charge in [0.1, 0.15) is 12.1 Å². The number of carbonyl (C=O) groups is 2. The predicted molar refractivity (Wildman–Crippen MR) is 74.7 cm³/mol. The molecular weight excluding hydrogens is 300 g/mol. The number of hydrogen-bond donors (Lipinski definition) is 2. The number of ether oxygens (including phenoxy) is 1. The molecule has 1 heterocycles. The van der Waals surface area contributed by atoms with Crippen molar-refractivity contribution in [3.63, 3.8) is 0 Å². The Labute approximate surface area is 123 Å². The minimum absolute atomic E-state index is 0.0491. The van der Waals surface area contributed by atoms with Crippen molar-refractivity contribution in [1.82, 2.24) is 9.03 Å². The summed E-state index contributed by atoms with van der Waals surface area (Å²) in [5.74, 6) is -1.92. The van der Waals surface area contributed by atoms with Gasteiger partial charge in [0, 0.05) is 6.54 Å². The van der Waals surface area contributed by atoms with Gasteiger partial charge in [-0.3, -0.25) is 9.59 Å². The molecule has 2 atom stereocenters. The fourth-order valence-corrected chi connectivity index (χ4v) is 3.70. The molecule has 1 fully saturated rings. The highest BCUT2D eigenvalue weighted by Crippen LogP contribution is 2.21. The molecule has 2 N–H and O–H groups in total. The monoisotopic (exact) mass is 320 g/mol. The third-order valence-electron chi connectivity index (χ3n) is 3.06. The molecule has 1 aliphatic rings. The van der Waals surface area contributed by atoms with Gasteiger partial charge in [0.05, 0.1) is 6.61 Å².